The molecule has 1 atom stereocenters. The Hall–Kier alpha value is -4.33. The van der Waals surface area contributed by atoms with Gasteiger partial charge in [-0.15, -0.1) is 0 Å². The molecular formula is C27H31F3N7O3+. The lowest BCUT2D eigenvalue weighted by molar-refractivity contribution is -0.343. The van der Waals surface area contributed by atoms with Gasteiger partial charge < -0.3 is 32.7 Å². The molecule has 0 saturated heterocycles. The summed E-state index contributed by atoms with van der Waals surface area (Å²) in [6, 6.07) is 12.0. The minimum absolute atomic E-state index is 0.0378. The van der Waals surface area contributed by atoms with Gasteiger partial charge in [-0.1, -0.05) is 24.3 Å². The second kappa shape index (κ2) is 13.6. The SMILES string of the molecule is NCCN(CN)C(=O)CC[C@H](N)C(=O)NC(=Cc1ccc(C(F)(F)F)cc1)C(=O)Nc1c[nH+]c2ccccc2c1. The van der Waals surface area contributed by atoms with Gasteiger partial charge in [0.1, 0.15) is 11.4 Å². The van der Waals surface area contributed by atoms with Crippen molar-refractivity contribution in [1.82, 2.24) is 10.2 Å². The predicted octanol–water partition coefficient (Wildman–Crippen LogP) is 1.58. The normalized spacial score (nSPS) is 12.6. The van der Waals surface area contributed by atoms with E-state index in [9.17, 15) is 27.6 Å². The van der Waals surface area contributed by atoms with Gasteiger partial charge in [-0.3, -0.25) is 14.4 Å². The number of alkyl halides is 3. The van der Waals surface area contributed by atoms with Crippen LogP contribution in [0.25, 0.3) is 17.0 Å². The quantitative estimate of drug-likeness (QED) is 0.177. The van der Waals surface area contributed by atoms with E-state index in [1.807, 2.05) is 24.3 Å². The number of hydrogen-bond acceptors (Lipinski definition) is 6. The zero-order valence-corrected chi connectivity index (χ0v) is 21.5. The van der Waals surface area contributed by atoms with E-state index in [1.54, 1.807) is 12.3 Å². The number of benzene rings is 2. The summed E-state index contributed by atoms with van der Waals surface area (Å²) in [5.74, 6) is -1.83. The molecular weight excluding hydrogens is 527 g/mol. The Morgan fingerprint density at radius 1 is 1.05 bits per heavy atom. The van der Waals surface area contributed by atoms with Gasteiger partial charge in [-0.2, -0.15) is 13.2 Å². The highest BCUT2D eigenvalue weighted by molar-refractivity contribution is 6.09. The van der Waals surface area contributed by atoms with Gasteiger partial charge in [0.2, 0.25) is 17.3 Å². The zero-order chi connectivity index (χ0) is 29.3. The molecule has 13 heteroatoms. The van der Waals surface area contributed by atoms with Crippen molar-refractivity contribution in [2.24, 2.45) is 17.2 Å². The van der Waals surface area contributed by atoms with E-state index in [4.69, 9.17) is 17.2 Å². The third-order valence-corrected chi connectivity index (χ3v) is 5.94. The Morgan fingerprint density at radius 2 is 1.75 bits per heavy atom. The molecule has 0 bridgehead atoms. The summed E-state index contributed by atoms with van der Waals surface area (Å²) in [5.41, 5.74) is 17.3. The number of nitrogens with zero attached hydrogens (tertiary/aromatic N) is 1. The highest BCUT2D eigenvalue weighted by Gasteiger charge is 2.30. The number of para-hydroxylation sites is 1. The molecule has 3 rings (SSSR count). The Kier molecular flexibility index (Phi) is 10.3. The molecule has 0 spiro atoms. The number of aromatic amines is 1. The molecule has 40 heavy (non-hydrogen) atoms. The van der Waals surface area contributed by atoms with Crippen molar-refractivity contribution < 1.29 is 32.5 Å². The molecule has 1 heterocycles. The van der Waals surface area contributed by atoms with Crippen molar-refractivity contribution in [3.05, 3.63) is 77.6 Å². The molecule has 10 nitrogen and oxygen atoms in total. The lowest BCUT2D eigenvalue weighted by Crippen LogP contribution is -2.44. The number of carbonyl (C=O) groups is 3. The van der Waals surface area contributed by atoms with Crippen LogP contribution in [0.5, 0.6) is 0 Å². The van der Waals surface area contributed by atoms with E-state index in [-0.39, 0.29) is 49.8 Å². The Labute approximate surface area is 228 Å². The van der Waals surface area contributed by atoms with E-state index < -0.39 is 29.6 Å². The van der Waals surface area contributed by atoms with Crippen molar-refractivity contribution >= 4 is 40.4 Å². The first-order chi connectivity index (χ1) is 19.0. The minimum atomic E-state index is -4.53. The first kappa shape index (κ1) is 30.2. The highest BCUT2D eigenvalue weighted by Crippen LogP contribution is 2.29. The van der Waals surface area contributed by atoms with Gasteiger partial charge in [0.05, 0.1) is 18.3 Å². The number of nitrogens with one attached hydrogen (secondary N) is 3. The topological polar surface area (TPSA) is 171 Å². The van der Waals surface area contributed by atoms with Crippen molar-refractivity contribution in [2.75, 3.05) is 25.1 Å². The molecule has 0 unspecified atom stereocenters. The van der Waals surface area contributed by atoms with Gasteiger partial charge in [0.15, 0.2) is 6.20 Å². The van der Waals surface area contributed by atoms with Crippen molar-refractivity contribution in [2.45, 2.75) is 25.1 Å². The van der Waals surface area contributed by atoms with Crippen LogP contribution in [0.3, 0.4) is 0 Å². The predicted molar refractivity (Wildman–Crippen MR) is 144 cm³/mol. The highest BCUT2D eigenvalue weighted by atomic mass is 19.4. The first-order valence-corrected chi connectivity index (χ1v) is 12.4. The number of nitrogens with two attached hydrogens (primary N) is 3. The molecule has 1 aromatic heterocycles. The number of amides is 3. The molecule has 0 radical (unpaired) electrons. The van der Waals surface area contributed by atoms with Crippen LogP contribution in [0.2, 0.25) is 0 Å². The van der Waals surface area contributed by atoms with E-state index in [0.29, 0.717) is 5.69 Å². The Morgan fingerprint density at radius 3 is 2.40 bits per heavy atom. The molecule has 9 N–H and O–H groups in total. The Balaban J connectivity index is 1.80. The van der Waals surface area contributed by atoms with Gasteiger partial charge in [0.25, 0.3) is 5.91 Å². The summed E-state index contributed by atoms with van der Waals surface area (Å²) in [5, 5.41) is 5.91. The maximum Gasteiger partial charge on any atom is 0.416 e. The number of hydrogen-bond donors (Lipinski definition) is 5. The van der Waals surface area contributed by atoms with Crippen molar-refractivity contribution in [3.63, 3.8) is 0 Å². The monoisotopic (exact) mass is 558 g/mol. The van der Waals surface area contributed by atoms with Crippen LogP contribution in [0.4, 0.5) is 18.9 Å². The van der Waals surface area contributed by atoms with E-state index in [0.717, 1.165) is 23.0 Å². The summed E-state index contributed by atoms with van der Waals surface area (Å²) in [4.78, 5) is 42.7. The second-order valence-electron chi connectivity index (χ2n) is 8.87. The second-order valence-corrected chi connectivity index (χ2v) is 8.87. The van der Waals surface area contributed by atoms with Crippen LogP contribution in [0.15, 0.2) is 66.5 Å². The molecule has 3 amide bonds. The average molecular weight is 559 g/mol. The van der Waals surface area contributed by atoms with Crippen LogP contribution < -0.4 is 32.8 Å². The molecule has 2 aromatic carbocycles. The summed E-state index contributed by atoms with van der Waals surface area (Å²) in [6.07, 6.45) is -1.87. The molecule has 0 fully saturated rings. The maximum absolute atomic E-state index is 13.2. The lowest BCUT2D eigenvalue weighted by Gasteiger charge is -2.20. The number of pyridine rings is 1. The van der Waals surface area contributed by atoms with Gasteiger partial charge in [0, 0.05) is 31.0 Å². The summed E-state index contributed by atoms with van der Waals surface area (Å²) >= 11 is 0. The van der Waals surface area contributed by atoms with E-state index in [2.05, 4.69) is 15.6 Å². The standard InChI is InChI=1S/C27H30F3N7O3/c28-27(29,30)19-7-5-17(6-8-19)13-23(26(40)35-20-14-18-3-1-2-4-22(18)34-15-20)36-25(39)21(33)9-10-24(38)37(16-32)12-11-31/h1-8,13-15,21H,9-12,16,31-33H2,(H,35,40)(H,36,39)/p+1/t21-/m0/s1. The number of halogens is 3. The Bertz CT molecular complexity index is 1380. The maximum atomic E-state index is 13.2. The van der Waals surface area contributed by atoms with Crippen LogP contribution in [0, 0.1) is 0 Å². The van der Waals surface area contributed by atoms with Crippen LogP contribution in [0.1, 0.15) is 24.0 Å². The molecule has 3 aromatic rings. The lowest BCUT2D eigenvalue weighted by atomic mass is 10.1. The smallest absolute Gasteiger partial charge is 0.329 e. The number of carbonyl (C=O) groups excluding carboxylic acids is 3. The third kappa shape index (κ3) is 8.33. The fraction of sp³-hybridized carbons (Fsp3) is 0.259. The fourth-order valence-electron chi connectivity index (χ4n) is 3.75. The molecule has 0 aliphatic carbocycles. The molecule has 212 valence electrons. The number of aromatic nitrogens is 1. The van der Waals surface area contributed by atoms with Crippen molar-refractivity contribution in [3.8, 4) is 0 Å². The summed E-state index contributed by atoms with van der Waals surface area (Å²) in [6.45, 7) is 0.435. The van der Waals surface area contributed by atoms with E-state index in [1.165, 1.54) is 23.1 Å². The van der Waals surface area contributed by atoms with Gasteiger partial charge in [-0.25, -0.2) is 4.98 Å². The fourth-order valence-corrected chi connectivity index (χ4v) is 3.75. The molecule has 0 aliphatic rings. The molecule has 0 saturated carbocycles. The van der Waals surface area contributed by atoms with Crippen LogP contribution in [-0.2, 0) is 20.6 Å². The third-order valence-electron chi connectivity index (χ3n) is 5.94. The minimum Gasteiger partial charge on any atom is -0.329 e. The zero-order valence-electron chi connectivity index (χ0n) is 21.5. The number of rotatable bonds is 11. The number of anilines is 1. The number of fused-ring (bicyclic) bond motifs is 1. The largest absolute Gasteiger partial charge is 0.416 e. The van der Waals surface area contributed by atoms with Crippen LogP contribution in [-0.4, -0.2) is 48.4 Å². The van der Waals surface area contributed by atoms with Gasteiger partial charge >= 0.3 is 6.18 Å². The molecule has 0 aliphatic heterocycles. The van der Waals surface area contributed by atoms with Crippen molar-refractivity contribution in [1.29, 1.82) is 0 Å². The van der Waals surface area contributed by atoms with Gasteiger partial charge in [-0.05, 0) is 42.3 Å². The summed E-state index contributed by atoms with van der Waals surface area (Å²) < 4.78 is 38.9. The van der Waals surface area contributed by atoms with Crippen LogP contribution >= 0.6 is 0 Å². The average Bonchev–Trinajstić information content (AvgIpc) is 2.93. The number of H-pyrrole nitrogens is 1. The van der Waals surface area contributed by atoms with E-state index >= 15 is 0 Å². The first-order valence-electron chi connectivity index (χ1n) is 12.4. The summed E-state index contributed by atoms with van der Waals surface area (Å²) in [7, 11) is 0.